The topological polar surface area (TPSA) is 64.1 Å². The predicted molar refractivity (Wildman–Crippen MR) is 109 cm³/mol. The summed E-state index contributed by atoms with van der Waals surface area (Å²) in [5.74, 6) is 2.50. The van der Waals surface area contributed by atoms with Crippen molar-refractivity contribution in [3.05, 3.63) is 23.8 Å². The Kier molecular flexibility index (Phi) is 13.4. The Morgan fingerprint density at radius 1 is 1.12 bits per heavy atom. The Balaban J connectivity index is 0.00000529. The van der Waals surface area contributed by atoms with Crippen LogP contribution in [0.1, 0.15) is 19.4 Å². The van der Waals surface area contributed by atoms with Gasteiger partial charge in [-0.15, -0.1) is 24.0 Å². The van der Waals surface area contributed by atoms with Crippen LogP contribution in [0, 0.1) is 0 Å². The van der Waals surface area contributed by atoms with E-state index in [4.69, 9.17) is 14.2 Å². The lowest BCUT2D eigenvalue weighted by atomic mass is 10.1. The molecule has 1 aromatic rings. The molecule has 0 amide bonds. The van der Waals surface area contributed by atoms with Crippen LogP contribution in [-0.4, -0.2) is 53.0 Å². The SMILES string of the molecule is CCNC(=NCCOCC)NCCc1cc(OC)ccc1OC.I. The first-order chi connectivity index (χ1) is 11.2. The molecule has 0 bridgehead atoms. The average Bonchev–Trinajstić information content (AvgIpc) is 2.58. The van der Waals surface area contributed by atoms with Crippen LogP contribution in [0.25, 0.3) is 0 Å². The second kappa shape index (κ2) is 14.2. The van der Waals surface area contributed by atoms with Gasteiger partial charge in [0.2, 0.25) is 0 Å². The highest BCUT2D eigenvalue weighted by Crippen LogP contribution is 2.23. The molecule has 7 heteroatoms. The van der Waals surface area contributed by atoms with Gasteiger partial charge in [-0.05, 0) is 44.0 Å². The monoisotopic (exact) mass is 451 g/mol. The van der Waals surface area contributed by atoms with Crippen LogP contribution < -0.4 is 20.1 Å². The van der Waals surface area contributed by atoms with Gasteiger partial charge < -0.3 is 24.8 Å². The fourth-order valence-electron chi connectivity index (χ4n) is 2.10. The molecule has 2 N–H and O–H groups in total. The second-order valence-electron chi connectivity index (χ2n) is 4.81. The van der Waals surface area contributed by atoms with Gasteiger partial charge in [-0.2, -0.15) is 0 Å². The summed E-state index contributed by atoms with van der Waals surface area (Å²) in [6.45, 7) is 7.60. The summed E-state index contributed by atoms with van der Waals surface area (Å²) in [5.41, 5.74) is 1.10. The van der Waals surface area contributed by atoms with Crippen LogP contribution in [0.15, 0.2) is 23.2 Å². The van der Waals surface area contributed by atoms with E-state index in [2.05, 4.69) is 15.6 Å². The molecule has 0 saturated carbocycles. The number of nitrogens with zero attached hydrogens (tertiary/aromatic N) is 1. The molecule has 0 aliphatic heterocycles. The molecule has 0 aliphatic carbocycles. The molecule has 0 heterocycles. The summed E-state index contributed by atoms with van der Waals surface area (Å²) in [6, 6.07) is 5.82. The molecule has 0 aliphatic rings. The number of ether oxygens (including phenoxy) is 3. The molecule has 0 fully saturated rings. The van der Waals surface area contributed by atoms with Gasteiger partial charge in [0.15, 0.2) is 5.96 Å². The van der Waals surface area contributed by atoms with E-state index in [1.54, 1.807) is 14.2 Å². The first-order valence-electron chi connectivity index (χ1n) is 8.05. The minimum absolute atomic E-state index is 0. The molecule has 138 valence electrons. The van der Waals surface area contributed by atoms with Crippen LogP contribution in [0.4, 0.5) is 0 Å². The van der Waals surface area contributed by atoms with Crippen LogP contribution in [0.5, 0.6) is 11.5 Å². The first-order valence-corrected chi connectivity index (χ1v) is 8.05. The molecule has 1 rings (SSSR count). The van der Waals surface area contributed by atoms with Crippen LogP contribution in [-0.2, 0) is 11.2 Å². The Labute approximate surface area is 162 Å². The van der Waals surface area contributed by atoms with Crippen molar-refractivity contribution in [2.45, 2.75) is 20.3 Å². The summed E-state index contributed by atoms with van der Waals surface area (Å²) in [6.07, 6.45) is 0.816. The number of methoxy groups -OCH3 is 2. The largest absolute Gasteiger partial charge is 0.497 e. The summed E-state index contributed by atoms with van der Waals surface area (Å²) in [5, 5.41) is 6.55. The van der Waals surface area contributed by atoms with E-state index in [-0.39, 0.29) is 24.0 Å². The summed E-state index contributed by atoms with van der Waals surface area (Å²) in [7, 11) is 3.34. The zero-order chi connectivity index (χ0) is 16.9. The van der Waals surface area contributed by atoms with Crippen molar-refractivity contribution < 1.29 is 14.2 Å². The maximum Gasteiger partial charge on any atom is 0.191 e. The summed E-state index contributed by atoms with van der Waals surface area (Å²) < 4.78 is 16.0. The molecule has 0 radical (unpaired) electrons. The number of aliphatic imine (C=N–C) groups is 1. The third-order valence-electron chi connectivity index (χ3n) is 3.23. The van der Waals surface area contributed by atoms with Crippen molar-refractivity contribution in [3.63, 3.8) is 0 Å². The Morgan fingerprint density at radius 2 is 1.92 bits per heavy atom. The van der Waals surface area contributed by atoms with Gasteiger partial charge in [0, 0.05) is 19.7 Å². The number of nitrogens with one attached hydrogen (secondary N) is 2. The fraction of sp³-hybridized carbons (Fsp3) is 0.588. The maximum atomic E-state index is 5.40. The minimum atomic E-state index is 0. The Morgan fingerprint density at radius 3 is 2.54 bits per heavy atom. The highest BCUT2D eigenvalue weighted by Gasteiger charge is 2.05. The van der Waals surface area contributed by atoms with Crippen molar-refractivity contribution in [3.8, 4) is 11.5 Å². The van der Waals surface area contributed by atoms with Crippen LogP contribution in [0.3, 0.4) is 0 Å². The average molecular weight is 451 g/mol. The third-order valence-corrected chi connectivity index (χ3v) is 3.23. The van der Waals surface area contributed by atoms with Crippen LogP contribution in [0.2, 0.25) is 0 Å². The second-order valence-corrected chi connectivity index (χ2v) is 4.81. The van der Waals surface area contributed by atoms with Crippen LogP contribution >= 0.6 is 24.0 Å². The van der Waals surface area contributed by atoms with Crippen molar-refractivity contribution in [1.29, 1.82) is 0 Å². The van der Waals surface area contributed by atoms with Gasteiger partial charge in [-0.3, -0.25) is 4.99 Å². The lowest BCUT2D eigenvalue weighted by Gasteiger charge is -2.13. The quantitative estimate of drug-likeness (QED) is 0.248. The van der Waals surface area contributed by atoms with Crippen molar-refractivity contribution in [2.75, 3.05) is 47.1 Å². The number of hydrogen-bond acceptors (Lipinski definition) is 4. The molecule has 0 spiro atoms. The van der Waals surface area contributed by atoms with Gasteiger partial charge >= 0.3 is 0 Å². The summed E-state index contributed by atoms with van der Waals surface area (Å²) in [4.78, 5) is 4.47. The number of hydrogen-bond donors (Lipinski definition) is 2. The van der Waals surface area contributed by atoms with E-state index in [9.17, 15) is 0 Å². The zero-order valence-electron chi connectivity index (χ0n) is 15.1. The highest BCUT2D eigenvalue weighted by molar-refractivity contribution is 14.0. The van der Waals surface area contributed by atoms with Gasteiger partial charge in [-0.1, -0.05) is 0 Å². The molecule has 0 atom stereocenters. The third kappa shape index (κ3) is 8.58. The van der Waals surface area contributed by atoms with Crippen molar-refractivity contribution in [2.24, 2.45) is 4.99 Å². The standard InChI is InChI=1S/C17H29N3O3.HI/c1-5-18-17(20-11-12-23-6-2)19-10-9-14-13-15(21-3)7-8-16(14)22-4;/h7-8,13H,5-6,9-12H2,1-4H3,(H2,18,19,20);1H. The number of halogens is 1. The van der Waals surface area contributed by atoms with E-state index in [1.165, 1.54) is 0 Å². The minimum Gasteiger partial charge on any atom is -0.497 e. The smallest absolute Gasteiger partial charge is 0.191 e. The molecule has 6 nitrogen and oxygen atoms in total. The van der Waals surface area contributed by atoms with Gasteiger partial charge in [0.25, 0.3) is 0 Å². The maximum absolute atomic E-state index is 5.40. The molecular weight excluding hydrogens is 421 g/mol. The van der Waals surface area contributed by atoms with Gasteiger partial charge in [0.05, 0.1) is 27.4 Å². The Bertz CT molecular complexity index is 484. The molecule has 0 saturated heterocycles. The van der Waals surface area contributed by atoms with E-state index in [1.807, 2.05) is 32.0 Å². The molecular formula is C17H30IN3O3. The van der Waals surface area contributed by atoms with E-state index in [0.717, 1.165) is 49.1 Å². The van der Waals surface area contributed by atoms with E-state index >= 15 is 0 Å². The predicted octanol–water partition coefficient (Wildman–Crippen LogP) is 2.46. The van der Waals surface area contributed by atoms with E-state index in [0.29, 0.717) is 13.2 Å². The summed E-state index contributed by atoms with van der Waals surface area (Å²) >= 11 is 0. The van der Waals surface area contributed by atoms with Gasteiger partial charge in [-0.25, -0.2) is 0 Å². The Hall–Kier alpha value is -1.22. The number of rotatable bonds is 10. The normalized spacial score (nSPS) is 10.8. The fourth-order valence-corrected chi connectivity index (χ4v) is 2.10. The van der Waals surface area contributed by atoms with Crippen molar-refractivity contribution in [1.82, 2.24) is 10.6 Å². The molecule has 1 aromatic carbocycles. The first kappa shape index (κ1) is 22.8. The molecule has 0 unspecified atom stereocenters. The molecule has 0 aromatic heterocycles. The lowest BCUT2D eigenvalue weighted by Crippen LogP contribution is -2.38. The van der Waals surface area contributed by atoms with E-state index < -0.39 is 0 Å². The number of guanidine groups is 1. The molecule has 24 heavy (non-hydrogen) atoms. The van der Waals surface area contributed by atoms with Gasteiger partial charge in [0.1, 0.15) is 11.5 Å². The number of benzene rings is 1. The highest BCUT2D eigenvalue weighted by atomic mass is 127. The lowest BCUT2D eigenvalue weighted by molar-refractivity contribution is 0.155. The van der Waals surface area contributed by atoms with Crippen molar-refractivity contribution >= 4 is 29.9 Å². The zero-order valence-corrected chi connectivity index (χ0v) is 17.4.